The van der Waals surface area contributed by atoms with Gasteiger partial charge in [-0.05, 0) is 97.7 Å². The Hall–Kier alpha value is -5.39. The van der Waals surface area contributed by atoms with Crippen molar-refractivity contribution in [3.8, 4) is 0 Å². The van der Waals surface area contributed by atoms with Gasteiger partial charge in [0, 0.05) is 41.8 Å². The fourth-order valence-corrected chi connectivity index (χ4v) is 10.3. The highest BCUT2D eigenvalue weighted by molar-refractivity contribution is 5.95. The summed E-state index contributed by atoms with van der Waals surface area (Å²) < 4.78 is 26.3. The Morgan fingerprint density at radius 2 is 1.53 bits per heavy atom. The smallest absolute Gasteiger partial charge is 0.338 e. The molecule has 5 aliphatic rings. The van der Waals surface area contributed by atoms with Crippen LogP contribution in [0.3, 0.4) is 0 Å². The normalized spacial score (nSPS) is 28.6. The number of hydrogen-bond acceptors (Lipinski definition) is 8. The third-order valence-corrected chi connectivity index (χ3v) is 13.9. The summed E-state index contributed by atoms with van der Waals surface area (Å²) in [4.78, 5) is 40.6. The van der Waals surface area contributed by atoms with Gasteiger partial charge in [-0.3, -0.25) is 9.59 Å². The van der Waals surface area contributed by atoms with Crippen molar-refractivity contribution in [2.75, 3.05) is 13.2 Å². The molecule has 10 nitrogen and oxygen atoms in total. The Morgan fingerprint density at radius 3 is 2.23 bits per heavy atom. The van der Waals surface area contributed by atoms with E-state index >= 15 is 0 Å². The second kappa shape index (κ2) is 17.1. The Balaban J connectivity index is 0.955. The van der Waals surface area contributed by atoms with Crippen LogP contribution in [-0.2, 0) is 36.1 Å². The molecule has 4 fully saturated rings. The first kappa shape index (κ1) is 41.9. The molecule has 0 aromatic heterocycles. The van der Waals surface area contributed by atoms with Gasteiger partial charge in [-0.25, -0.2) is 4.79 Å². The predicted molar refractivity (Wildman–Crippen MR) is 235 cm³/mol. The lowest BCUT2D eigenvalue weighted by molar-refractivity contribution is -0.157. The number of nitrogens with one attached hydrogen (secondary N) is 2. The van der Waals surface area contributed by atoms with Crippen LogP contribution in [0.1, 0.15) is 102 Å². The van der Waals surface area contributed by atoms with Gasteiger partial charge in [0.15, 0.2) is 0 Å². The molecular weight excluding hydrogens is 781 g/mol. The summed E-state index contributed by atoms with van der Waals surface area (Å²) in [6, 6.07) is 33.9. The topological polar surface area (TPSA) is 136 Å². The van der Waals surface area contributed by atoms with Crippen molar-refractivity contribution < 1.29 is 38.4 Å². The number of hydrogen-bond donors (Lipinski definition) is 3. The number of carbonyl (C=O) groups is 3. The summed E-state index contributed by atoms with van der Waals surface area (Å²) in [7, 11) is 0. The summed E-state index contributed by atoms with van der Waals surface area (Å²) in [6.07, 6.45) is 7.75. The lowest BCUT2D eigenvalue weighted by Gasteiger charge is -2.53. The molecule has 4 aromatic carbocycles. The van der Waals surface area contributed by atoms with Gasteiger partial charge in [0.1, 0.15) is 18.3 Å². The zero-order valence-electron chi connectivity index (χ0n) is 35.7. The minimum absolute atomic E-state index is 0.0292. The van der Waals surface area contributed by atoms with Crippen molar-refractivity contribution in [3.05, 3.63) is 160 Å². The molecule has 7 unspecified atom stereocenters. The lowest BCUT2D eigenvalue weighted by Crippen LogP contribution is -2.45. The third kappa shape index (κ3) is 8.41. The van der Waals surface area contributed by atoms with Gasteiger partial charge in [-0.1, -0.05) is 110 Å². The van der Waals surface area contributed by atoms with E-state index in [1.807, 2.05) is 91.0 Å². The molecule has 2 saturated carbocycles. The molecule has 10 heteroatoms. The first-order chi connectivity index (χ1) is 29.9. The molecule has 7 atom stereocenters. The molecule has 3 N–H and O–H groups in total. The van der Waals surface area contributed by atoms with Gasteiger partial charge in [-0.2, -0.15) is 0 Å². The van der Waals surface area contributed by atoms with Crippen molar-refractivity contribution in [3.63, 3.8) is 0 Å². The summed E-state index contributed by atoms with van der Waals surface area (Å²) >= 11 is 0. The minimum Gasteiger partial charge on any atom is -0.456 e. The zero-order valence-corrected chi connectivity index (χ0v) is 35.7. The molecule has 9 rings (SSSR count). The number of benzene rings is 4. The summed E-state index contributed by atoms with van der Waals surface area (Å²) in [5.41, 5.74) is 6.36. The van der Waals surface area contributed by atoms with E-state index in [0.29, 0.717) is 40.1 Å². The molecule has 3 aliphatic carbocycles. The fourth-order valence-electron chi connectivity index (χ4n) is 10.3. The molecular formula is C52H56N2O8. The van der Waals surface area contributed by atoms with E-state index in [1.165, 1.54) is 18.4 Å². The fraction of sp³-hybridized carbons (Fsp3) is 0.404. The molecule has 0 spiro atoms. The second-order valence-electron chi connectivity index (χ2n) is 18.5. The number of ether oxygens (including phenoxy) is 4. The number of aliphatic hydroxyl groups is 1. The number of epoxide rings is 1. The second-order valence-corrected chi connectivity index (χ2v) is 18.5. The first-order valence-electron chi connectivity index (χ1n) is 22.1. The maximum absolute atomic E-state index is 14.1. The van der Waals surface area contributed by atoms with Crippen molar-refractivity contribution in [2.45, 2.75) is 102 Å². The van der Waals surface area contributed by atoms with Crippen LogP contribution in [-0.4, -0.2) is 66.1 Å². The predicted octanol–water partition coefficient (Wildman–Crippen LogP) is 8.04. The number of esters is 1. The molecule has 0 bridgehead atoms. The summed E-state index contributed by atoms with van der Waals surface area (Å²) in [5.74, 6) is -1.31. The van der Waals surface area contributed by atoms with Crippen LogP contribution in [0.2, 0.25) is 0 Å². The van der Waals surface area contributed by atoms with E-state index in [-0.39, 0.29) is 43.5 Å². The number of fused-ring (bicyclic) bond motifs is 3. The Kier molecular flexibility index (Phi) is 11.5. The van der Waals surface area contributed by atoms with E-state index in [4.69, 9.17) is 24.1 Å². The molecule has 0 radical (unpaired) electrons. The summed E-state index contributed by atoms with van der Waals surface area (Å²) in [5, 5.41) is 14.8. The van der Waals surface area contributed by atoms with E-state index < -0.39 is 30.1 Å². The largest absolute Gasteiger partial charge is 0.456 e. The monoisotopic (exact) mass is 836 g/mol. The van der Waals surface area contributed by atoms with Crippen LogP contribution in [0.15, 0.2) is 126 Å². The quantitative estimate of drug-likeness (QED) is 0.102. The highest BCUT2D eigenvalue weighted by atomic mass is 16.8. The Labute approximate surface area is 363 Å². The Bertz CT molecular complexity index is 2320. The first-order valence-corrected chi connectivity index (χ1v) is 22.1. The zero-order chi connectivity index (χ0) is 43.1. The Morgan fingerprint density at radius 1 is 0.806 bits per heavy atom. The van der Waals surface area contributed by atoms with Crippen LogP contribution in [0.25, 0.3) is 6.08 Å². The van der Waals surface area contributed by atoms with Crippen molar-refractivity contribution in [1.29, 1.82) is 0 Å². The standard InChI is InChI=1S/C52H56N2O8/c1-50(2)31-41-36(21-22-45-51(3,61-45)24-23-42(41)50)27-33-17-19-35(20-18-33)49(58)59-43-29-38(48(57)54-32-34-11-10-12-37(28-34)47(56)53-25-26-55)30-44-46(43)62-52(60-44,39-13-6-4-7-14-39)40-15-8-5-9-16-40/h4-20,27-28,30,41-46,55H,21-26,29,31-32H2,1-3H3,(H,53,56)(H,54,57). The van der Waals surface area contributed by atoms with Gasteiger partial charge in [0.25, 0.3) is 5.91 Å². The van der Waals surface area contributed by atoms with E-state index in [9.17, 15) is 14.4 Å². The van der Waals surface area contributed by atoms with Crippen molar-refractivity contribution in [1.82, 2.24) is 10.6 Å². The molecule has 2 saturated heterocycles. The highest BCUT2D eigenvalue weighted by Crippen LogP contribution is 2.60. The molecule has 2 amide bonds. The number of carbonyl (C=O) groups excluding carboxylic acids is 3. The van der Waals surface area contributed by atoms with Crippen molar-refractivity contribution in [2.24, 2.45) is 17.3 Å². The molecule has 4 aromatic rings. The van der Waals surface area contributed by atoms with Gasteiger partial charge < -0.3 is 34.7 Å². The van der Waals surface area contributed by atoms with Gasteiger partial charge in [-0.15, -0.1) is 0 Å². The van der Waals surface area contributed by atoms with Crippen LogP contribution in [0, 0.1) is 17.3 Å². The lowest BCUT2D eigenvalue weighted by atomic mass is 9.52. The highest BCUT2D eigenvalue weighted by Gasteiger charge is 2.57. The van der Waals surface area contributed by atoms with E-state index in [2.05, 4.69) is 37.5 Å². The number of rotatable bonds is 11. The van der Waals surface area contributed by atoms with Gasteiger partial charge in [0.2, 0.25) is 11.7 Å². The van der Waals surface area contributed by atoms with Gasteiger partial charge >= 0.3 is 5.97 Å². The van der Waals surface area contributed by atoms with Gasteiger partial charge in [0.05, 0.1) is 23.9 Å². The molecule has 2 aliphatic heterocycles. The van der Waals surface area contributed by atoms with Crippen LogP contribution in [0.4, 0.5) is 0 Å². The number of aliphatic hydroxyl groups excluding tert-OH is 1. The third-order valence-electron chi connectivity index (χ3n) is 13.9. The van der Waals surface area contributed by atoms with Crippen LogP contribution < -0.4 is 10.6 Å². The average Bonchev–Trinajstić information content (AvgIpc) is 3.74. The molecule has 2 heterocycles. The SMILES string of the molecule is CC1(C)CC2C(=Cc3ccc(C(=O)OC4CC(C(=O)NCc5cccc(C(=O)NCCO)c5)=CC5OC(c6ccccc6)(c6ccccc6)OC54)cc3)CCC3OC3(C)CCC21. The maximum atomic E-state index is 14.1. The average molecular weight is 837 g/mol. The molecule has 322 valence electrons. The van der Waals surface area contributed by atoms with E-state index in [1.54, 1.807) is 24.3 Å². The maximum Gasteiger partial charge on any atom is 0.338 e. The van der Waals surface area contributed by atoms with E-state index in [0.717, 1.165) is 41.5 Å². The number of allylic oxidation sites excluding steroid dienone is 1. The molecule has 62 heavy (non-hydrogen) atoms. The van der Waals surface area contributed by atoms with Crippen LogP contribution in [0.5, 0.6) is 0 Å². The minimum atomic E-state index is -1.33. The van der Waals surface area contributed by atoms with Crippen LogP contribution >= 0.6 is 0 Å². The summed E-state index contributed by atoms with van der Waals surface area (Å²) in [6.45, 7) is 7.20. The van der Waals surface area contributed by atoms with Crippen molar-refractivity contribution >= 4 is 23.9 Å². The number of amides is 2.